The first kappa shape index (κ1) is 13.9. The quantitative estimate of drug-likeness (QED) is 0.887. The number of nitrogens with one attached hydrogen (secondary N) is 2. The van der Waals surface area contributed by atoms with Crippen molar-refractivity contribution in [1.29, 1.82) is 0 Å². The lowest BCUT2D eigenvalue weighted by Crippen LogP contribution is -2.30. The van der Waals surface area contributed by atoms with Crippen molar-refractivity contribution in [2.45, 2.75) is 37.5 Å². The number of para-hydroxylation sites is 1. The zero-order valence-electron chi connectivity index (χ0n) is 11.7. The lowest BCUT2D eigenvalue weighted by molar-refractivity contribution is 0.574. The summed E-state index contributed by atoms with van der Waals surface area (Å²) >= 11 is 0. The van der Waals surface area contributed by atoms with E-state index < -0.39 is 9.84 Å². The normalized spacial score (nSPS) is 24.1. The summed E-state index contributed by atoms with van der Waals surface area (Å²) in [6, 6.07) is 6.38. The second-order valence-electron chi connectivity index (χ2n) is 5.74. The molecule has 0 saturated carbocycles. The largest absolute Gasteiger partial charge is 0.385 e. The number of rotatable bonds is 4. The topological polar surface area (TPSA) is 58.2 Å². The van der Waals surface area contributed by atoms with Crippen LogP contribution < -0.4 is 10.6 Å². The van der Waals surface area contributed by atoms with Gasteiger partial charge in [0, 0.05) is 25.3 Å². The predicted molar refractivity (Wildman–Crippen MR) is 81.8 cm³/mol. The Kier molecular flexibility index (Phi) is 3.98. The Bertz CT molecular complexity index is 584. The maximum absolute atomic E-state index is 11.8. The number of benzene rings is 1. The Labute approximate surface area is 120 Å². The van der Waals surface area contributed by atoms with Crippen LogP contribution in [0, 0.1) is 0 Å². The summed E-state index contributed by atoms with van der Waals surface area (Å²) in [5.74, 6) is 0.363. The van der Waals surface area contributed by atoms with Crippen LogP contribution in [0.25, 0.3) is 0 Å². The summed E-state index contributed by atoms with van der Waals surface area (Å²) in [7, 11) is -2.84. The third kappa shape index (κ3) is 2.83. The molecule has 2 aliphatic rings. The highest BCUT2D eigenvalue weighted by Gasteiger charge is 2.30. The van der Waals surface area contributed by atoms with Crippen LogP contribution in [-0.4, -0.2) is 32.5 Å². The molecule has 1 aromatic rings. The molecule has 1 atom stereocenters. The van der Waals surface area contributed by atoms with Gasteiger partial charge in [-0.05, 0) is 36.8 Å². The smallest absolute Gasteiger partial charge is 0.154 e. The average Bonchev–Trinajstić information content (AvgIpc) is 2.78. The molecular formula is C15H22N2O2S. The molecule has 4 nitrogen and oxygen atoms in total. The van der Waals surface area contributed by atoms with Gasteiger partial charge >= 0.3 is 0 Å². The van der Waals surface area contributed by atoms with E-state index in [4.69, 9.17) is 0 Å². The third-order valence-corrected chi connectivity index (χ3v) is 6.59. The van der Waals surface area contributed by atoms with E-state index in [0.717, 1.165) is 32.4 Å². The zero-order chi connectivity index (χ0) is 14.0. The van der Waals surface area contributed by atoms with E-state index in [2.05, 4.69) is 28.8 Å². The van der Waals surface area contributed by atoms with Gasteiger partial charge in [0.2, 0.25) is 0 Å². The Morgan fingerprint density at radius 1 is 1.30 bits per heavy atom. The first-order valence-corrected chi connectivity index (χ1v) is 9.15. The van der Waals surface area contributed by atoms with Gasteiger partial charge < -0.3 is 10.6 Å². The molecule has 2 heterocycles. The molecule has 0 aliphatic carbocycles. The van der Waals surface area contributed by atoms with E-state index in [9.17, 15) is 8.42 Å². The van der Waals surface area contributed by atoms with Gasteiger partial charge in [-0.15, -0.1) is 0 Å². The molecule has 1 unspecified atom stereocenters. The minimum Gasteiger partial charge on any atom is -0.385 e. The zero-order valence-corrected chi connectivity index (χ0v) is 12.5. The molecule has 5 heteroatoms. The van der Waals surface area contributed by atoms with Gasteiger partial charge in [0.1, 0.15) is 0 Å². The lowest BCUT2D eigenvalue weighted by Gasteiger charge is -2.21. The molecule has 2 N–H and O–H groups in total. The fourth-order valence-corrected chi connectivity index (χ4v) is 4.98. The maximum Gasteiger partial charge on any atom is 0.154 e. The van der Waals surface area contributed by atoms with Gasteiger partial charge in [-0.1, -0.05) is 18.2 Å². The number of fused-ring (bicyclic) bond motifs is 1. The van der Waals surface area contributed by atoms with Gasteiger partial charge in [0.05, 0.1) is 11.0 Å². The van der Waals surface area contributed by atoms with Crippen LogP contribution in [-0.2, 0) is 22.8 Å². The molecule has 1 aromatic carbocycles. The summed E-state index contributed by atoms with van der Waals surface area (Å²) in [5.41, 5.74) is 3.88. The SMILES string of the molecule is O=S1(=O)CCCC1CNCc1cccc2c1NCCC2. The van der Waals surface area contributed by atoms with E-state index in [0.29, 0.717) is 12.3 Å². The van der Waals surface area contributed by atoms with Crippen molar-refractivity contribution in [1.82, 2.24) is 5.32 Å². The molecule has 2 aliphatic heterocycles. The third-order valence-electron chi connectivity index (χ3n) is 4.31. The number of hydrogen-bond donors (Lipinski definition) is 2. The second kappa shape index (κ2) is 5.74. The van der Waals surface area contributed by atoms with E-state index in [-0.39, 0.29) is 5.25 Å². The number of aryl methyl sites for hydroxylation is 1. The number of sulfone groups is 1. The summed E-state index contributed by atoms with van der Waals surface area (Å²) in [6.45, 7) is 2.34. The molecule has 0 radical (unpaired) electrons. The van der Waals surface area contributed by atoms with E-state index in [1.165, 1.54) is 23.2 Å². The highest BCUT2D eigenvalue weighted by atomic mass is 32.2. The fraction of sp³-hybridized carbons (Fsp3) is 0.600. The Balaban J connectivity index is 1.62. The van der Waals surface area contributed by atoms with Crippen LogP contribution >= 0.6 is 0 Å². The molecule has 3 rings (SSSR count). The average molecular weight is 294 g/mol. The second-order valence-corrected chi connectivity index (χ2v) is 8.14. The van der Waals surface area contributed by atoms with Crippen LogP contribution in [0.4, 0.5) is 5.69 Å². The fourth-order valence-electron chi connectivity index (χ4n) is 3.18. The molecule has 20 heavy (non-hydrogen) atoms. The molecule has 0 aromatic heterocycles. The van der Waals surface area contributed by atoms with Crippen LogP contribution in [0.1, 0.15) is 30.4 Å². The monoisotopic (exact) mass is 294 g/mol. The summed E-state index contributed by atoms with van der Waals surface area (Å²) in [5, 5.41) is 6.61. The van der Waals surface area contributed by atoms with Gasteiger partial charge in [0.25, 0.3) is 0 Å². The van der Waals surface area contributed by atoms with Crippen LogP contribution in [0.5, 0.6) is 0 Å². The van der Waals surface area contributed by atoms with Crippen molar-refractivity contribution < 1.29 is 8.42 Å². The van der Waals surface area contributed by atoms with Crippen LogP contribution in [0.15, 0.2) is 18.2 Å². The maximum atomic E-state index is 11.8. The summed E-state index contributed by atoms with van der Waals surface area (Å²) in [4.78, 5) is 0. The van der Waals surface area contributed by atoms with Crippen molar-refractivity contribution in [3.8, 4) is 0 Å². The standard InChI is InChI=1S/C15H22N2O2S/c18-20(19)9-3-7-14(20)11-16-10-13-5-1-4-12-6-2-8-17-15(12)13/h1,4-5,14,16-17H,2-3,6-11H2. The molecule has 0 amide bonds. The molecule has 0 bridgehead atoms. The van der Waals surface area contributed by atoms with Crippen molar-refractivity contribution in [3.05, 3.63) is 29.3 Å². The van der Waals surface area contributed by atoms with Crippen molar-refractivity contribution in [2.75, 3.05) is 24.2 Å². The minimum absolute atomic E-state index is 0.185. The predicted octanol–water partition coefficient (Wildman–Crippen LogP) is 1.71. The lowest BCUT2D eigenvalue weighted by atomic mass is 9.99. The first-order chi connectivity index (χ1) is 9.67. The molecule has 1 saturated heterocycles. The molecule has 110 valence electrons. The van der Waals surface area contributed by atoms with Gasteiger partial charge in [-0.3, -0.25) is 0 Å². The van der Waals surface area contributed by atoms with Crippen LogP contribution in [0.3, 0.4) is 0 Å². The number of hydrogen-bond acceptors (Lipinski definition) is 4. The summed E-state index contributed by atoms with van der Waals surface area (Å²) < 4.78 is 23.6. The van der Waals surface area contributed by atoms with Crippen molar-refractivity contribution in [2.24, 2.45) is 0 Å². The first-order valence-electron chi connectivity index (χ1n) is 7.44. The van der Waals surface area contributed by atoms with E-state index >= 15 is 0 Å². The van der Waals surface area contributed by atoms with Gasteiger partial charge in [0.15, 0.2) is 9.84 Å². The molecule has 0 spiro atoms. The number of anilines is 1. The Morgan fingerprint density at radius 2 is 2.20 bits per heavy atom. The van der Waals surface area contributed by atoms with Gasteiger partial charge in [-0.25, -0.2) is 8.42 Å². The van der Waals surface area contributed by atoms with Crippen molar-refractivity contribution in [3.63, 3.8) is 0 Å². The highest BCUT2D eigenvalue weighted by molar-refractivity contribution is 7.92. The van der Waals surface area contributed by atoms with E-state index in [1.807, 2.05) is 0 Å². The highest BCUT2D eigenvalue weighted by Crippen LogP contribution is 2.26. The molecule has 1 fully saturated rings. The van der Waals surface area contributed by atoms with Gasteiger partial charge in [-0.2, -0.15) is 0 Å². The van der Waals surface area contributed by atoms with E-state index in [1.54, 1.807) is 0 Å². The minimum atomic E-state index is -2.84. The summed E-state index contributed by atoms with van der Waals surface area (Å²) in [6.07, 6.45) is 3.94. The Hall–Kier alpha value is -1.07. The van der Waals surface area contributed by atoms with Crippen molar-refractivity contribution >= 4 is 15.5 Å². The molecular weight excluding hydrogens is 272 g/mol. The van der Waals surface area contributed by atoms with Crippen LogP contribution in [0.2, 0.25) is 0 Å². The Morgan fingerprint density at radius 3 is 3.00 bits per heavy atom.